The lowest BCUT2D eigenvalue weighted by Crippen LogP contribution is -2.41. The molecule has 1 aromatic rings. The van der Waals surface area contributed by atoms with Gasteiger partial charge in [0.1, 0.15) is 18.3 Å². The molecular formula is C19H33N5O2. The Labute approximate surface area is 156 Å². The number of amides is 1. The summed E-state index contributed by atoms with van der Waals surface area (Å²) in [7, 11) is 2.07. The van der Waals surface area contributed by atoms with Gasteiger partial charge in [-0.1, -0.05) is 13.3 Å². The van der Waals surface area contributed by atoms with E-state index in [2.05, 4.69) is 33.6 Å². The Morgan fingerprint density at radius 1 is 1.15 bits per heavy atom. The van der Waals surface area contributed by atoms with Crippen LogP contribution in [-0.4, -0.2) is 69.9 Å². The standard InChI is InChI=1S/C19H33N5O2/c1-3-12-26-15-18(25)24-11-7-8-16(13-24)19-21-20-17(22(19)2)14-23-9-5-4-6-10-23/h16H,3-15H2,1-2H3/t16-/m1/s1. The van der Waals surface area contributed by atoms with Crippen molar-refractivity contribution in [2.24, 2.45) is 7.05 Å². The number of ether oxygens (including phenoxy) is 1. The highest BCUT2D eigenvalue weighted by Crippen LogP contribution is 2.26. The summed E-state index contributed by atoms with van der Waals surface area (Å²) in [6.07, 6.45) is 6.92. The molecule has 0 N–H and O–H groups in total. The Morgan fingerprint density at radius 2 is 1.96 bits per heavy atom. The molecule has 0 unspecified atom stereocenters. The molecule has 1 atom stereocenters. The summed E-state index contributed by atoms with van der Waals surface area (Å²) < 4.78 is 7.57. The van der Waals surface area contributed by atoms with Crippen LogP contribution in [0.4, 0.5) is 0 Å². The van der Waals surface area contributed by atoms with Crippen LogP contribution in [0.25, 0.3) is 0 Å². The first-order chi connectivity index (χ1) is 12.7. The van der Waals surface area contributed by atoms with Crippen molar-refractivity contribution in [1.82, 2.24) is 24.6 Å². The molecule has 0 saturated carbocycles. The molecule has 1 amide bonds. The Hall–Kier alpha value is -1.47. The third-order valence-electron chi connectivity index (χ3n) is 5.53. The predicted octanol–water partition coefficient (Wildman–Crippen LogP) is 1.93. The largest absolute Gasteiger partial charge is 0.372 e. The molecule has 7 nitrogen and oxygen atoms in total. The van der Waals surface area contributed by atoms with Gasteiger partial charge in [-0.3, -0.25) is 9.69 Å². The number of nitrogens with zero attached hydrogens (tertiary/aromatic N) is 5. The van der Waals surface area contributed by atoms with Gasteiger partial charge in [0.25, 0.3) is 0 Å². The fourth-order valence-corrected chi connectivity index (χ4v) is 4.00. The minimum atomic E-state index is 0.0962. The van der Waals surface area contributed by atoms with Gasteiger partial charge in [0.15, 0.2) is 0 Å². The van der Waals surface area contributed by atoms with Crippen LogP contribution in [-0.2, 0) is 23.1 Å². The molecule has 2 aliphatic rings. The highest BCUT2D eigenvalue weighted by molar-refractivity contribution is 5.77. The van der Waals surface area contributed by atoms with Gasteiger partial charge in [0.2, 0.25) is 5.91 Å². The van der Waals surface area contributed by atoms with Gasteiger partial charge in [0, 0.05) is 32.7 Å². The molecule has 0 aliphatic carbocycles. The van der Waals surface area contributed by atoms with Crippen molar-refractivity contribution in [3.63, 3.8) is 0 Å². The second kappa shape index (κ2) is 9.46. The fourth-order valence-electron chi connectivity index (χ4n) is 4.00. The van der Waals surface area contributed by atoms with Crippen molar-refractivity contribution >= 4 is 5.91 Å². The van der Waals surface area contributed by atoms with E-state index in [-0.39, 0.29) is 18.4 Å². The minimum absolute atomic E-state index is 0.0962. The molecule has 3 heterocycles. The Kier molecular flexibility index (Phi) is 7.02. The molecule has 2 aliphatic heterocycles. The van der Waals surface area contributed by atoms with Crippen LogP contribution in [0.5, 0.6) is 0 Å². The van der Waals surface area contributed by atoms with Crippen LogP contribution in [0.15, 0.2) is 0 Å². The van der Waals surface area contributed by atoms with E-state index in [4.69, 9.17) is 4.74 Å². The fraction of sp³-hybridized carbons (Fsp3) is 0.842. The Bertz CT molecular complexity index is 582. The van der Waals surface area contributed by atoms with Crippen LogP contribution in [0.2, 0.25) is 0 Å². The van der Waals surface area contributed by atoms with E-state index in [1.54, 1.807) is 0 Å². The normalized spacial score (nSPS) is 21.9. The zero-order valence-corrected chi connectivity index (χ0v) is 16.3. The summed E-state index contributed by atoms with van der Waals surface area (Å²) in [5, 5.41) is 8.95. The van der Waals surface area contributed by atoms with Gasteiger partial charge < -0.3 is 14.2 Å². The van der Waals surface area contributed by atoms with Crippen molar-refractivity contribution in [2.45, 2.75) is 57.9 Å². The van der Waals surface area contributed by atoms with Crippen LogP contribution < -0.4 is 0 Å². The molecule has 7 heteroatoms. The summed E-state index contributed by atoms with van der Waals surface area (Å²) in [5.41, 5.74) is 0. The van der Waals surface area contributed by atoms with E-state index in [1.807, 2.05) is 4.90 Å². The van der Waals surface area contributed by atoms with Gasteiger partial charge in [-0.15, -0.1) is 10.2 Å². The average Bonchev–Trinajstić information content (AvgIpc) is 3.03. The van der Waals surface area contributed by atoms with Gasteiger partial charge in [0.05, 0.1) is 6.54 Å². The van der Waals surface area contributed by atoms with Crippen LogP contribution in [0.3, 0.4) is 0 Å². The predicted molar refractivity (Wildman–Crippen MR) is 99.8 cm³/mol. The highest BCUT2D eigenvalue weighted by atomic mass is 16.5. The van der Waals surface area contributed by atoms with Crippen LogP contribution in [0.1, 0.15) is 63.0 Å². The number of hydrogen-bond donors (Lipinski definition) is 0. The van der Waals surface area contributed by atoms with E-state index in [1.165, 1.54) is 19.3 Å². The molecule has 0 radical (unpaired) electrons. The van der Waals surface area contributed by atoms with Crippen molar-refractivity contribution in [2.75, 3.05) is 39.4 Å². The van der Waals surface area contributed by atoms with Gasteiger partial charge >= 0.3 is 0 Å². The van der Waals surface area contributed by atoms with E-state index in [0.29, 0.717) is 6.61 Å². The molecule has 146 valence electrons. The molecule has 2 fully saturated rings. The monoisotopic (exact) mass is 363 g/mol. The van der Waals surface area contributed by atoms with E-state index in [0.717, 1.165) is 63.6 Å². The molecular weight excluding hydrogens is 330 g/mol. The third kappa shape index (κ3) is 4.82. The van der Waals surface area contributed by atoms with Crippen LogP contribution >= 0.6 is 0 Å². The third-order valence-corrected chi connectivity index (χ3v) is 5.53. The van der Waals surface area contributed by atoms with E-state index < -0.39 is 0 Å². The van der Waals surface area contributed by atoms with Crippen molar-refractivity contribution in [3.05, 3.63) is 11.6 Å². The molecule has 26 heavy (non-hydrogen) atoms. The molecule has 0 spiro atoms. The van der Waals surface area contributed by atoms with Crippen molar-refractivity contribution in [1.29, 1.82) is 0 Å². The maximum atomic E-state index is 12.4. The second-order valence-electron chi connectivity index (χ2n) is 7.60. The number of rotatable bonds is 7. The highest BCUT2D eigenvalue weighted by Gasteiger charge is 2.28. The zero-order valence-electron chi connectivity index (χ0n) is 16.3. The molecule has 3 rings (SSSR count). The molecule has 0 aromatic carbocycles. The lowest BCUT2D eigenvalue weighted by Gasteiger charge is -2.32. The summed E-state index contributed by atoms with van der Waals surface area (Å²) in [5.74, 6) is 2.42. The first-order valence-corrected chi connectivity index (χ1v) is 10.1. The van der Waals surface area contributed by atoms with Gasteiger partial charge in [-0.2, -0.15) is 0 Å². The van der Waals surface area contributed by atoms with E-state index in [9.17, 15) is 4.79 Å². The van der Waals surface area contributed by atoms with Crippen LogP contribution in [0, 0.1) is 0 Å². The first kappa shape index (κ1) is 19.3. The SMILES string of the molecule is CCCOCC(=O)N1CCC[C@@H](c2nnc(CN3CCCCC3)n2C)C1. The number of carbonyl (C=O) groups is 1. The molecule has 1 aromatic heterocycles. The second-order valence-corrected chi connectivity index (χ2v) is 7.60. The average molecular weight is 364 g/mol. The van der Waals surface area contributed by atoms with Gasteiger partial charge in [-0.05, 0) is 45.2 Å². The summed E-state index contributed by atoms with van der Waals surface area (Å²) in [4.78, 5) is 16.8. The quantitative estimate of drug-likeness (QED) is 0.693. The smallest absolute Gasteiger partial charge is 0.248 e. The maximum Gasteiger partial charge on any atom is 0.248 e. The molecule has 2 saturated heterocycles. The summed E-state index contributed by atoms with van der Waals surface area (Å²) >= 11 is 0. The summed E-state index contributed by atoms with van der Waals surface area (Å²) in [6.45, 7) is 7.64. The Morgan fingerprint density at radius 3 is 2.73 bits per heavy atom. The van der Waals surface area contributed by atoms with E-state index >= 15 is 0 Å². The van der Waals surface area contributed by atoms with Crippen molar-refractivity contribution in [3.8, 4) is 0 Å². The number of likely N-dealkylation sites (tertiary alicyclic amines) is 2. The maximum absolute atomic E-state index is 12.4. The minimum Gasteiger partial charge on any atom is -0.372 e. The van der Waals surface area contributed by atoms with Gasteiger partial charge in [-0.25, -0.2) is 0 Å². The lowest BCUT2D eigenvalue weighted by molar-refractivity contribution is -0.137. The number of aromatic nitrogens is 3. The number of hydrogen-bond acceptors (Lipinski definition) is 5. The van der Waals surface area contributed by atoms with Crippen molar-refractivity contribution < 1.29 is 9.53 Å². The number of carbonyl (C=O) groups excluding carboxylic acids is 1. The molecule has 0 bridgehead atoms. The topological polar surface area (TPSA) is 63.5 Å². The zero-order chi connectivity index (χ0) is 18.4. The number of piperidine rings is 2. The summed E-state index contributed by atoms with van der Waals surface area (Å²) in [6, 6.07) is 0. The lowest BCUT2D eigenvalue weighted by atomic mass is 9.97. The first-order valence-electron chi connectivity index (χ1n) is 10.1. The Balaban J connectivity index is 1.58.